The molecule has 1 aromatic carbocycles. The minimum absolute atomic E-state index is 0.0444. The van der Waals surface area contributed by atoms with Crippen LogP contribution >= 0.6 is 12.1 Å². The summed E-state index contributed by atoms with van der Waals surface area (Å²) in [5.74, 6) is -2.24. The van der Waals surface area contributed by atoms with Crippen molar-refractivity contribution in [2.75, 3.05) is 19.6 Å². The van der Waals surface area contributed by atoms with Crippen LogP contribution in [0, 0.1) is 5.82 Å². The first kappa shape index (κ1) is 18.9. The van der Waals surface area contributed by atoms with Crippen molar-refractivity contribution in [1.82, 2.24) is 20.5 Å². The van der Waals surface area contributed by atoms with Gasteiger partial charge in [-0.2, -0.15) is 23.1 Å². The first-order chi connectivity index (χ1) is 12.4. The summed E-state index contributed by atoms with van der Waals surface area (Å²) >= 11 is -1.22. The van der Waals surface area contributed by atoms with E-state index in [1.165, 1.54) is 12.1 Å². The molecule has 0 spiro atoms. The second-order valence-corrected chi connectivity index (χ2v) is 6.43. The Morgan fingerprint density at radius 1 is 1.46 bits per heavy atom. The number of aromatic nitrogens is 2. The SMILES string of the molecule is CCN1CCC(NOc2ccc(-c3noc(C(F)(F)SF)n3)cc2F)C1. The van der Waals surface area contributed by atoms with E-state index in [-0.39, 0.29) is 23.2 Å². The number of rotatable bonds is 7. The molecule has 0 amide bonds. The van der Waals surface area contributed by atoms with Crippen LogP contribution in [0.25, 0.3) is 11.4 Å². The maximum absolute atomic E-state index is 14.2. The molecule has 3 rings (SSSR count). The summed E-state index contributed by atoms with van der Waals surface area (Å²) in [6.07, 6.45) is 0.889. The largest absolute Gasteiger partial charge is 0.405 e. The lowest BCUT2D eigenvalue weighted by atomic mass is 10.2. The van der Waals surface area contributed by atoms with Crippen molar-refractivity contribution < 1.29 is 26.4 Å². The third kappa shape index (κ3) is 4.10. The standard InChI is InChI=1S/C15H16F4N4O2S/c1-2-23-6-5-10(8-23)21-24-12-4-3-9(7-11(12)16)13-20-14(25-22-13)15(17,18)26-19/h3-4,7,10,21H,2,5-6,8H2,1H3. The third-order valence-corrected chi connectivity index (χ3v) is 4.39. The zero-order valence-corrected chi connectivity index (χ0v) is 14.5. The first-order valence-electron chi connectivity index (χ1n) is 7.89. The molecule has 0 aliphatic carbocycles. The van der Waals surface area contributed by atoms with Crippen LogP contribution < -0.4 is 10.3 Å². The summed E-state index contributed by atoms with van der Waals surface area (Å²) in [6, 6.07) is 3.83. The van der Waals surface area contributed by atoms with Gasteiger partial charge in [0, 0.05) is 12.1 Å². The van der Waals surface area contributed by atoms with Crippen LogP contribution in [-0.4, -0.2) is 40.7 Å². The van der Waals surface area contributed by atoms with E-state index in [1.807, 2.05) is 0 Å². The number of hydroxylamine groups is 1. The number of alkyl halides is 2. The maximum atomic E-state index is 14.2. The van der Waals surface area contributed by atoms with Gasteiger partial charge in [-0.05, 0) is 37.7 Å². The van der Waals surface area contributed by atoms with Gasteiger partial charge in [0.15, 0.2) is 11.6 Å². The molecule has 11 heteroatoms. The highest BCUT2D eigenvalue weighted by Crippen LogP contribution is 2.40. The van der Waals surface area contributed by atoms with Gasteiger partial charge in [-0.1, -0.05) is 12.1 Å². The molecular formula is C15H16F4N4O2S. The lowest BCUT2D eigenvalue weighted by Crippen LogP contribution is -2.35. The predicted octanol–water partition coefficient (Wildman–Crippen LogP) is 3.52. The number of nitrogens with zero attached hydrogens (tertiary/aromatic N) is 3. The zero-order valence-electron chi connectivity index (χ0n) is 13.7. The smallest absolute Gasteiger partial charge is 0.399 e. The van der Waals surface area contributed by atoms with Crippen molar-refractivity contribution in [3.05, 3.63) is 29.9 Å². The second-order valence-electron chi connectivity index (χ2n) is 5.76. The Morgan fingerprint density at radius 3 is 2.92 bits per heavy atom. The minimum atomic E-state index is -3.95. The molecule has 1 saturated heterocycles. The first-order valence-corrected chi connectivity index (χ1v) is 8.61. The number of benzene rings is 1. The van der Waals surface area contributed by atoms with Crippen LogP contribution in [0.2, 0.25) is 0 Å². The molecule has 2 heterocycles. The lowest BCUT2D eigenvalue weighted by molar-refractivity contribution is 0.0610. The predicted molar refractivity (Wildman–Crippen MR) is 86.6 cm³/mol. The van der Waals surface area contributed by atoms with Crippen molar-refractivity contribution in [2.24, 2.45) is 0 Å². The molecule has 0 radical (unpaired) electrons. The highest BCUT2D eigenvalue weighted by molar-refractivity contribution is 7.94. The van der Waals surface area contributed by atoms with Crippen molar-refractivity contribution in [2.45, 2.75) is 24.6 Å². The van der Waals surface area contributed by atoms with E-state index >= 15 is 0 Å². The van der Waals surface area contributed by atoms with E-state index < -0.39 is 29.1 Å². The highest BCUT2D eigenvalue weighted by Gasteiger charge is 2.41. The molecule has 0 bridgehead atoms. The van der Waals surface area contributed by atoms with Gasteiger partial charge in [0.2, 0.25) is 5.82 Å². The second kappa shape index (κ2) is 7.80. The number of hydrogen-bond donors (Lipinski definition) is 1. The van der Waals surface area contributed by atoms with Gasteiger partial charge in [0.1, 0.15) is 12.1 Å². The van der Waals surface area contributed by atoms with Gasteiger partial charge < -0.3 is 14.3 Å². The summed E-state index contributed by atoms with van der Waals surface area (Å²) < 4.78 is 57.0. The zero-order chi connectivity index (χ0) is 18.7. The lowest BCUT2D eigenvalue weighted by Gasteiger charge is -2.15. The molecule has 1 atom stereocenters. The van der Waals surface area contributed by atoms with Crippen LogP contribution in [0.1, 0.15) is 19.2 Å². The van der Waals surface area contributed by atoms with Gasteiger partial charge in [-0.15, -0.1) is 0 Å². The quantitative estimate of drug-likeness (QED) is 0.571. The Morgan fingerprint density at radius 2 is 2.27 bits per heavy atom. The summed E-state index contributed by atoms with van der Waals surface area (Å²) in [7, 11) is 0. The Balaban J connectivity index is 1.66. The molecule has 1 aromatic heterocycles. The van der Waals surface area contributed by atoms with Crippen molar-refractivity contribution in [1.29, 1.82) is 0 Å². The number of likely N-dealkylation sites (tertiary alicyclic amines) is 1. The topological polar surface area (TPSA) is 63.4 Å². The molecule has 26 heavy (non-hydrogen) atoms. The van der Waals surface area contributed by atoms with E-state index in [9.17, 15) is 17.1 Å². The monoisotopic (exact) mass is 392 g/mol. The van der Waals surface area contributed by atoms with Crippen LogP contribution in [0.5, 0.6) is 5.75 Å². The number of halogens is 4. The Bertz CT molecular complexity index is 761. The molecule has 2 aromatic rings. The van der Waals surface area contributed by atoms with E-state index in [2.05, 4.69) is 32.0 Å². The van der Waals surface area contributed by atoms with Crippen molar-refractivity contribution in [3.8, 4) is 17.1 Å². The van der Waals surface area contributed by atoms with Crippen LogP contribution in [0.3, 0.4) is 0 Å². The molecule has 1 unspecified atom stereocenters. The van der Waals surface area contributed by atoms with E-state index in [0.29, 0.717) is 0 Å². The van der Waals surface area contributed by atoms with Crippen LogP contribution in [0.15, 0.2) is 22.7 Å². The molecule has 1 N–H and O–H groups in total. The average molecular weight is 392 g/mol. The van der Waals surface area contributed by atoms with E-state index in [1.54, 1.807) is 0 Å². The fourth-order valence-corrected chi connectivity index (χ4v) is 2.73. The molecule has 1 aliphatic rings. The number of hydrogen-bond acceptors (Lipinski definition) is 7. The molecule has 1 fully saturated rings. The fourth-order valence-electron chi connectivity index (χ4n) is 2.58. The molecular weight excluding hydrogens is 376 g/mol. The Kier molecular flexibility index (Phi) is 5.68. The fraction of sp³-hybridized carbons (Fsp3) is 0.467. The van der Waals surface area contributed by atoms with Gasteiger partial charge in [0.25, 0.3) is 0 Å². The van der Waals surface area contributed by atoms with Gasteiger partial charge in [0.05, 0.1) is 6.04 Å². The van der Waals surface area contributed by atoms with Crippen molar-refractivity contribution in [3.63, 3.8) is 0 Å². The Hall–Kier alpha value is -1.85. The number of nitrogens with one attached hydrogen (secondary N) is 1. The minimum Gasteiger partial charge on any atom is -0.405 e. The summed E-state index contributed by atoms with van der Waals surface area (Å²) in [5.41, 5.74) is 2.92. The molecule has 6 nitrogen and oxygen atoms in total. The van der Waals surface area contributed by atoms with Crippen molar-refractivity contribution >= 4 is 12.1 Å². The van der Waals surface area contributed by atoms with E-state index in [0.717, 1.165) is 32.1 Å². The number of likely N-dealkylation sites (N-methyl/N-ethyl adjacent to an activating group) is 1. The summed E-state index contributed by atoms with van der Waals surface area (Å²) in [4.78, 5) is 10.9. The third-order valence-electron chi connectivity index (χ3n) is 4.02. The molecule has 0 saturated carbocycles. The summed E-state index contributed by atoms with van der Waals surface area (Å²) in [6.45, 7) is 4.75. The normalized spacial score (nSPS) is 18.4. The van der Waals surface area contributed by atoms with Gasteiger partial charge >= 0.3 is 11.1 Å². The van der Waals surface area contributed by atoms with Crippen LogP contribution in [-0.2, 0) is 5.25 Å². The molecule has 1 aliphatic heterocycles. The van der Waals surface area contributed by atoms with Crippen LogP contribution in [0.4, 0.5) is 17.1 Å². The summed E-state index contributed by atoms with van der Waals surface area (Å²) in [5, 5.41) is -0.631. The average Bonchev–Trinajstić information content (AvgIpc) is 3.30. The Labute approximate surface area is 151 Å². The van der Waals surface area contributed by atoms with Gasteiger partial charge in [-0.3, -0.25) is 0 Å². The van der Waals surface area contributed by atoms with Gasteiger partial charge in [-0.25, -0.2) is 4.39 Å². The molecule has 142 valence electrons. The van der Waals surface area contributed by atoms with E-state index in [4.69, 9.17) is 4.84 Å². The maximum Gasteiger partial charge on any atom is 0.399 e. The highest BCUT2D eigenvalue weighted by atomic mass is 32.2.